The van der Waals surface area contributed by atoms with Gasteiger partial charge in [-0.15, -0.1) is 6.58 Å². The van der Waals surface area contributed by atoms with Gasteiger partial charge in [0, 0.05) is 16.7 Å². The van der Waals surface area contributed by atoms with Crippen LogP contribution in [0.3, 0.4) is 0 Å². The molecule has 0 amide bonds. The standard InChI is InChI=1S/C29H28F4O2/c1-3-5-6-18-7-15-24(35-17-18)23-13-12-21(26(30)28(23)32)19-8-10-20(11-9-19)22-14-16-25(34-4-2)29(33)27(22)31/h3,8-14,16,18,24H,1,4-7,15,17H2,2H3. The molecule has 0 radical (unpaired) electrons. The predicted molar refractivity (Wildman–Crippen MR) is 129 cm³/mol. The molecule has 0 aliphatic carbocycles. The summed E-state index contributed by atoms with van der Waals surface area (Å²) >= 11 is 0. The van der Waals surface area contributed by atoms with Crippen LogP contribution in [0.2, 0.25) is 0 Å². The van der Waals surface area contributed by atoms with Gasteiger partial charge in [0.15, 0.2) is 23.2 Å². The Kier molecular flexibility index (Phi) is 7.91. The van der Waals surface area contributed by atoms with Crippen LogP contribution in [-0.4, -0.2) is 13.2 Å². The summed E-state index contributed by atoms with van der Waals surface area (Å²) in [6.45, 7) is 6.15. The lowest BCUT2D eigenvalue weighted by molar-refractivity contribution is -0.0210. The molecule has 0 bridgehead atoms. The van der Waals surface area contributed by atoms with Crippen LogP contribution >= 0.6 is 0 Å². The van der Waals surface area contributed by atoms with E-state index in [1.165, 1.54) is 18.2 Å². The van der Waals surface area contributed by atoms with Crippen LogP contribution in [0, 0.1) is 29.2 Å². The zero-order chi connectivity index (χ0) is 24.9. The Hall–Kier alpha value is -3.12. The van der Waals surface area contributed by atoms with Crippen LogP contribution in [0.25, 0.3) is 22.3 Å². The van der Waals surface area contributed by atoms with Crippen LogP contribution in [-0.2, 0) is 4.74 Å². The van der Waals surface area contributed by atoms with Gasteiger partial charge in [-0.05, 0) is 61.8 Å². The lowest BCUT2D eigenvalue weighted by atomic mass is 9.90. The second-order valence-corrected chi connectivity index (χ2v) is 8.71. The molecule has 2 unspecified atom stereocenters. The molecule has 6 heteroatoms. The summed E-state index contributed by atoms with van der Waals surface area (Å²) in [4.78, 5) is 0. The molecule has 0 aromatic heterocycles. The van der Waals surface area contributed by atoms with Gasteiger partial charge in [-0.25, -0.2) is 13.2 Å². The van der Waals surface area contributed by atoms with Gasteiger partial charge in [0.05, 0.1) is 19.3 Å². The van der Waals surface area contributed by atoms with E-state index in [1.807, 2.05) is 6.08 Å². The zero-order valence-corrected chi connectivity index (χ0v) is 19.6. The summed E-state index contributed by atoms with van der Waals surface area (Å²) in [5.74, 6) is -3.70. The van der Waals surface area contributed by atoms with Gasteiger partial charge in [-0.3, -0.25) is 0 Å². The molecule has 4 rings (SSSR count). The molecule has 1 fully saturated rings. The maximum atomic E-state index is 15.0. The minimum absolute atomic E-state index is 0.0559. The average Bonchev–Trinajstić information content (AvgIpc) is 2.88. The number of hydrogen-bond acceptors (Lipinski definition) is 2. The quantitative estimate of drug-likeness (QED) is 0.236. The molecular formula is C29H28F4O2. The van der Waals surface area contributed by atoms with Crippen LogP contribution in [0.5, 0.6) is 5.75 Å². The molecule has 1 heterocycles. The summed E-state index contributed by atoms with van der Waals surface area (Å²) in [5, 5.41) is 0. The van der Waals surface area contributed by atoms with Crippen molar-refractivity contribution in [2.75, 3.05) is 13.2 Å². The summed E-state index contributed by atoms with van der Waals surface area (Å²) in [7, 11) is 0. The number of halogens is 4. The monoisotopic (exact) mass is 484 g/mol. The minimum atomic E-state index is -1.06. The first-order valence-corrected chi connectivity index (χ1v) is 11.9. The number of ether oxygens (including phenoxy) is 2. The van der Waals surface area contributed by atoms with Gasteiger partial charge in [-0.2, -0.15) is 4.39 Å². The molecule has 1 aliphatic rings. The topological polar surface area (TPSA) is 18.5 Å². The van der Waals surface area contributed by atoms with E-state index in [2.05, 4.69) is 6.58 Å². The fourth-order valence-corrected chi connectivity index (χ4v) is 4.52. The van der Waals surface area contributed by atoms with Crippen molar-refractivity contribution in [2.45, 2.75) is 38.7 Å². The summed E-state index contributed by atoms with van der Waals surface area (Å²) in [6, 6.07) is 12.1. The Bertz CT molecular complexity index is 1180. The smallest absolute Gasteiger partial charge is 0.201 e. The highest BCUT2D eigenvalue weighted by Gasteiger charge is 2.27. The van der Waals surface area contributed by atoms with Crippen LogP contribution < -0.4 is 4.74 Å². The van der Waals surface area contributed by atoms with Crippen molar-refractivity contribution in [3.05, 3.63) is 90.0 Å². The molecule has 0 saturated carbocycles. The van der Waals surface area contributed by atoms with E-state index in [-0.39, 0.29) is 29.0 Å². The minimum Gasteiger partial charge on any atom is -0.491 e. The van der Waals surface area contributed by atoms with Crippen molar-refractivity contribution in [3.63, 3.8) is 0 Å². The highest BCUT2D eigenvalue weighted by Crippen LogP contribution is 2.37. The van der Waals surface area contributed by atoms with Crippen LogP contribution in [0.1, 0.15) is 44.3 Å². The third-order valence-electron chi connectivity index (χ3n) is 6.46. The van der Waals surface area contributed by atoms with E-state index >= 15 is 8.78 Å². The first-order chi connectivity index (χ1) is 16.9. The number of allylic oxidation sites excluding steroid dienone is 1. The van der Waals surface area contributed by atoms with Crippen molar-refractivity contribution < 1.29 is 27.0 Å². The van der Waals surface area contributed by atoms with Gasteiger partial charge < -0.3 is 9.47 Å². The predicted octanol–water partition coefficient (Wildman–Crippen LogP) is 8.41. The highest BCUT2D eigenvalue weighted by atomic mass is 19.2. The Labute approximate surface area is 203 Å². The molecule has 0 N–H and O–H groups in total. The van der Waals surface area contributed by atoms with Gasteiger partial charge in [0.25, 0.3) is 0 Å². The van der Waals surface area contributed by atoms with Gasteiger partial charge in [0.1, 0.15) is 0 Å². The van der Waals surface area contributed by atoms with Crippen LogP contribution in [0.4, 0.5) is 17.6 Å². The second kappa shape index (κ2) is 11.1. The zero-order valence-electron chi connectivity index (χ0n) is 19.6. The normalized spacial score (nSPS) is 17.9. The first kappa shape index (κ1) is 25.0. The fourth-order valence-electron chi connectivity index (χ4n) is 4.52. The third kappa shape index (κ3) is 5.27. The fraction of sp³-hybridized carbons (Fsp3) is 0.310. The Morgan fingerprint density at radius 2 is 1.49 bits per heavy atom. The summed E-state index contributed by atoms with van der Waals surface area (Å²) in [6.07, 6.45) is 4.82. The largest absolute Gasteiger partial charge is 0.491 e. The second-order valence-electron chi connectivity index (χ2n) is 8.71. The van der Waals surface area contributed by atoms with E-state index in [9.17, 15) is 8.78 Å². The van der Waals surface area contributed by atoms with Crippen LogP contribution in [0.15, 0.2) is 61.2 Å². The van der Waals surface area contributed by atoms with Gasteiger partial charge >= 0.3 is 0 Å². The van der Waals surface area contributed by atoms with E-state index in [1.54, 1.807) is 37.3 Å². The molecule has 3 aromatic carbocycles. The maximum Gasteiger partial charge on any atom is 0.201 e. The lowest BCUT2D eigenvalue weighted by Crippen LogP contribution is -2.21. The summed E-state index contributed by atoms with van der Waals surface area (Å²) in [5.41, 5.74) is 1.21. The highest BCUT2D eigenvalue weighted by molar-refractivity contribution is 5.71. The number of hydrogen-bond donors (Lipinski definition) is 0. The van der Waals surface area contributed by atoms with Crippen molar-refractivity contribution in [1.82, 2.24) is 0 Å². The van der Waals surface area contributed by atoms with Crippen molar-refractivity contribution in [3.8, 4) is 28.0 Å². The molecule has 3 aromatic rings. The first-order valence-electron chi connectivity index (χ1n) is 11.9. The SMILES string of the molecule is C=CCCC1CCC(c2ccc(-c3ccc(-c4ccc(OCC)c(F)c4F)cc3)c(F)c2F)OC1. The summed E-state index contributed by atoms with van der Waals surface area (Å²) < 4.78 is 69.7. The average molecular weight is 485 g/mol. The molecule has 2 nitrogen and oxygen atoms in total. The molecular weight excluding hydrogens is 456 g/mol. The molecule has 2 atom stereocenters. The van der Waals surface area contributed by atoms with Crippen molar-refractivity contribution in [1.29, 1.82) is 0 Å². The molecule has 0 spiro atoms. The molecule has 35 heavy (non-hydrogen) atoms. The van der Waals surface area contributed by atoms with E-state index in [0.717, 1.165) is 19.3 Å². The van der Waals surface area contributed by atoms with Gasteiger partial charge in [-0.1, -0.05) is 42.5 Å². The Balaban J connectivity index is 1.53. The van der Waals surface area contributed by atoms with Crippen molar-refractivity contribution in [2.24, 2.45) is 5.92 Å². The number of rotatable bonds is 8. The number of benzene rings is 3. The van der Waals surface area contributed by atoms with Crippen molar-refractivity contribution >= 4 is 0 Å². The lowest BCUT2D eigenvalue weighted by Gasteiger charge is -2.29. The van der Waals surface area contributed by atoms with E-state index in [4.69, 9.17) is 9.47 Å². The molecule has 1 aliphatic heterocycles. The Morgan fingerprint density at radius 3 is 2.06 bits per heavy atom. The third-order valence-corrected chi connectivity index (χ3v) is 6.46. The molecule has 1 saturated heterocycles. The van der Waals surface area contributed by atoms with E-state index in [0.29, 0.717) is 30.1 Å². The Morgan fingerprint density at radius 1 is 0.857 bits per heavy atom. The van der Waals surface area contributed by atoms with Gasteiger partial charge in [0.2, 0.25) is 5.82 Å². The van der Waals surface area contributed by atoms with E-state index < -0.39 is 29.4 Å². The maximum absolute atomic E-state index is 15.0. The molecule has 184 valence electrons.